The van der Waals surface area contributed by atoms with Crippen molar-refractivity contribution in [1.82, 2.24) is 5.32 Å². The van der Waals surface area contributed by atoms with E-state index in [4.69, 9.17) is 5.73 Å². The predicted octanol–water partition coefficient (Wildman–Crippen LogP) is 1.56. The van der Waals surface area contributed by atoms with Gasteiger partial charge in [0.2, 0.25) is 5.91 Å². The molecule has 86 valence electrons. The highest BCUT2D eigenvalue weighted by Gasteiger charge is 2.41. The van der Waals surface area contributed by atoms with Crippen molar-refractivity contribution in [2.75, 3.05) is 0 Å². The second-order valence-corrected chi connectivity index (χ2v) is 5.35. The van der Waals surface area contributed by atoms with E-state index >= 15 is 0 Å². The highest BCUT2D eigenvalue weighted by molar-refractivity contribution is 5.87. The van der Waals surface area contributed by atoms with Crippen molar-refractivity contribution in [2.45, 2.75) is 63.5 Å². The summed E-state index contributed by atoms with van der Waals surface area (Å²) in [7, 11) is 0. The Labute approximate surface area is 91.8 Å². The van der Waals surface area contributed by atoms with Crippen molar-refractivity contribution in [1.29, 1.82) is 0 Å². The van der Waals surface area contributed by atoms with Crippen LogP contribution in [-0.2, 0) is 4.79 Å². The van der Waals surface area contributed by atoms with Crippen LogP contribution < -0.4 is 11.1 Å². The summed E-state index contributed by atoms with van der Waals surface area (Å²) in [5.74, 6) is 0.707. The summed E-state index contributed by atoms with van der Waals surface area (Å²) in [6.45, 7) is 2.23. The maximum atomic E-state index is 11.9. The molecule has 2 rings (SSSR count). The molecule has 0 spiro atoms. The Kier molecular flexibility index (Phi) is 3.01. The standard InChI is InChI=1S/C12H22N2O/c1-9-5-2-3-6-10(9)14-11(15)12(13)7-4-8-12/h9-10H,2-8,13H2,1H3,(H,14,15). The predicted molar refractivity (Wildman–Crippen MR) is 60.3 cm³/mol. The minimum Gasteiger partial charge on any atom is -0.352 e. The molecule has 0 aromatic heterocycles. The molecule has 0 radical (unpaired) electrons. The molecule has 2 saturated carbocycles. The van der Waals surface area contributed by atoms with E-state index in [-0.39, 0.29) is 5.91 Å². The summed E-state index contributed by atoms with van der Waals surface area (Å²) in [6, 6.07) is 0.368. The highest BCUT2D eigenvalue weighted by atomic mass is 16.2. The van der Waals surface area contributed by atoms with E-state index < -0.39 is 5.54 Å². The topological polar surface area (TPSA) is 55.1 Å². The molecular weight excluding hydrogens is 188 g/mol. The molecule has 1 amide bonds. The van der Waals surface area contributed by atoms with Gasteiger partial charge in [-0.3, -0.25) is 4.79 Å². The van der Waals surface area contributed by atoms with E-state index in [1.54, 1.807) is 0 Å². The van der Waals surface area contributed by atoms with Crippen LogP contribution in [0.1, 0.15) is 51.9 Å². The third-order valence-corrected chi connectivity index (χ3v) is 4.13. The summed E-state index contributed by atoms with van der Waals surface area (Å²) in [5, 5.41) is 3.15. The number of nitrogens with one attached hydrogen (secondary N) is 1. The van der Waals surface area contributed by atoms with Crippen LogP contribution in [0.25, 0.3) is 0 Å². The third kappa shape index (κ3) is 2.17. The number of carbonyl (C=O) groups is 1. The molecule has 15 heavy (non-hydrogen) atoms. The second kappa shape index (κ2) is 4.12. The first-order valence-electron chi connectivity index (χ1n) is 6.22. The molecule has 2 aliphatic carbocycles. The summed E-state index contributed by atoms with van der Waals surface area (Å²) < 4.78 is 0. The van der Waals surface area contributed by atoms with Crippen molar-refractivity contribution in [3.05, 3.63) is 0 Å². The van der Waals surface area contributed by atoms with E-state index in [0.717, 1.165) is 25.7 Å². The Morgan fingerprint density at radius 1 is 1.27 bits per heavy atom. The minimum atomic E-state index is -0.531. The SMILES string of the molecule is CC1CCCCC1NC(=O)C1(N)CCC1. The van der Waals surface area contributed by atoms with Gasteiger partial charge in [-0.05, 0) is 38.0 Å². The van der Waals surface area contributed by atoms with Gasteiger partial charge in [0.05, 0.1) is 5.54 Å². The van der Waals surface area contributed by atoms with Crippen LogP contribution in [0.2, 0.25) is 0 Å². The fourth-order valence-corrected chi connectivity index (χ4v) is 2.63. The van der Waals surface area contributed by atoms with Crippen LogP contribution in [0.3, 0.4) is 0 Å². The van der Waals surface area contributed by atoms with Crippen molar-refractivity contribution in [2.24, 2.45) is 11.7 Å². The molecule has 3 N–H and O–H groups in total. The lowest BCUT2D eigenvalue weighted by atomic mass is 9.76. The number of hydrogen-bond donors (Lipinski definition) is 2. The first-order chi connectivity index (χ1) is 7.12. The lowest BCUT2D eigenvalue weighted by Gasteiger charge is -2.39. The van der Waals surface area contributed by atoms with Gasteiger partial charge in [0.25, 0.3) is 0 Å². The van der Waals surface area contributed by atoms with Crippen molar-refractivity contribution in [3.8, 4) is 0 Å². The van der Waals surface area contributed by atoms with Gasteiger partial charge in [-0.1, -0.05) is 19.8 Å². The Morgan fingerprint density at radius 3 is 2.47 bits per heavy atom. The summed E-state index contributed by atoms with van der Waals surface area (Å²) in [4.78, 5) is 11.9. The monoisotopic (exact) mass is 210 g/mol. The van der Waals surface area contributed by atoms with Gasteiger partial charge < -0.3 is 11.1 Å². The number of rotatable bonds is 2. The van der Waals surface area contributed by atoms with E-state index in [9.17, 15) is 4.79 Å². The fourth-order valence-electron chi connectivity index (χ4n) is 2.63. The first-order valence-corrected chi connectivity index (χ1v) is 6.22. The van der Waals surface area contributed by atoms with Crippen LogP contribution in [0.5, 0.6) is 0 Å². The Balaban J connectivity index is 1.87. The first kappa shape index (κ1) is 10.9. The van der Waals surface area contributed by atoms with Crippen molar-refractivity contribution >= 4 is 5.91 Å². The quantitative estimate of drug-likeness (QED) is 0.726. The molecule has 2 atom stereocenters. The Hall–Kier alpha value is -0.570. The average Bonchev–Trinajstić information content (AvgIpc) is 2.18. The minimum absolute atomic E-state index is 0.0903. The summed E-state index contributed by atoms with van der Waals surface area (Å²) >= 11 is 0. The Morgan fingerprint density at radius 2 is 1.93 bits per heavy atom. The molecule has 2 unspecified atom stereocenters. The summed E-state index contributed by atoms with van der Waals surface area (Å²) in [5.41, 5.74) is 5.47. The zero-order valence-electron chi connectivity index (χ0n) is 9.59. The van der Waals surface area contributed by atoms with Gasteiger partial charge in [-0.25, -0.2) is 0 Å². The van der Waals surface area contributed by atoms with Crippen molar-refractivity contribution in [3.63, 3.8) is 0 Å². The molecule has 2 aliphatic rings. The maximum Gasteiger partial charge on any atom is 0.240 e. The number of amides is 1. The molecule has 0 aromatic rings. The molecule has 2 fully saturated rings. The second-order valence-electron chi connectivity index (χ2n) is 5.35. The molecule has 3 nitrogen and oxygen atoms in total. The molecule has 0 heterocycles. The van der Waals surface area contributed by atoms with E-state index in [1.807, 2.05) is 0 Å². The van der Waals surface area contributed by atoms with Crippen LogP contribution in [0.15, 0.2) is 0 Å². The molecule has 0 aliphatic heterocycles. The van der Waals surface area contributed by atoms with Crippen LogP contribution in [0, 0.1) is 5.92 Å². The highest BCUT2D eigenvalue weighted by Crippen LogP contribution is 2.30. The number of carbonyl (C=O) groups excluding carboxylic acids is 1. The average molecular weight is 210 g/mol. The van der Waals surface area contributed by atoms with E-state index in [2.05, 4.69) is 12.2 Å². The molecular formula is C12H22N2O. The van der Waals surface area contributed by atoms with Gasteiger partial charge in [-0.15, -0.1) is 0 Å². The zero-order valence-corrected chi connectivity index (χ0v) is 9.59. The normalized spacial score (nSPS) is 34.3. The third-order valence-electron chi connectivity index (χ3n) is 4.13. The van der Waals surface area contributed by atoms with Crippen LogP contribution in [0.4, 0.5) is 0 Å². The molecule has 0 saturated heterocycles. The largest absolute Gasteiger partial charge is 0.352 e. The smallest absolute Gasteiger partial charge is 0.240 e. The number of nitrogens with two attached hydrogens (primary N) is 1. The lowest BCUT2D eigenvalue weighted by Crippen LogP contribution is -2.61. The maximum absolute atomic E-state index is 11.9. The van der Waals surface area contributed by atoms with Crippen LogP contribution in [-0.4, -0.2) is 17.5 Å². The van der Waals surface area contributed by atoms with E-state index in [1.165, 1.54) is 19.3 Å². The van der Waals surface area contributed by atoms with Crippen molar-refractivity contribution < 1.29 is 4.79 Å². The Bertz CT molecular complexity index is 248. The molecule has 0 bridgehead atoms. The van der Waals surface area contributed by atoms with Gasteiger partial charge >= 0.3 is 0 Å². The van der Waals surface area contributed by atoms with Crippen LogP contribution >= 0.6 is 0 Å². The fraction of sp³-hybridized carbons (Fsp3) is 0.917. The molecule has 3 heteroatoms. The van der Waals surface area contributed by atoms with Gasteiger partial charge in [-0.2, -0.15) is 0 Å². The molecule has 0 aromatic carbocycles. The lowest BCUT2D eigenvalue weighted by molar-refractivity contribution is -0.130. The van der Waals surface area contributed by atoms with Gasteiger partial charge in [0.1, 0.15) is 0 Å². The van der Waals surface area contributed by atoms with E-state index in [0.29, 0.717) is 12.0 Å². The zero-order chi connectivity index (χ0) is 10.9. The van der Waals surface area contributed by atoms with Gasteiger partial charge in [0.15, 0.2) is 0 Å². The van der Waals surface area contributed by atoms with Gasteiger partial charge in [0, 0.05) is 6.04 Å². The number of hydrogen-bond acceptors (Lipinski definition) is 2. The summed E-state index contributed by atoms with van der Waals surface area (Å²) in [6.07, 6.45) is 7.74.